The Labute approximate surface area is 79.0 Å². The van der Waals surface area contributed by atoms with Gasteiger partial charge >= 0.3 is 5.97 Å². The van der Waals surface area contributed by atoms with E-state index in [1.807, 2.05) is 0 Å². The van der Waals surface area contributed by atoms with Gasteiger partial charge in [-0.05, 0) is 30.6 Å². The van der Waals surface area contributed by atoms with Crippen molar-refractivity contribution in [2.45, 2.75) is 19.8 Å². The van der Waals surface area contributed by atoms with Crippen molar-refractivity contribution in [2.24, 2.45) is 23.7 Å². The maximum atomic E-state index is 11.5. The van der Waals surface area contributed by atoms with E-state index in [9.17, 15) is 4.79 Å². The Morgan fingerprint density at radius 2 is 1.92 bits per heavy atom. The Morgan fingerprint density at radius 1 is 1.31 bits per heavy atom. The topological polar surface area (TPSA) is 26.3 Å². The Hall–Kier alpha value is -0.790. The fourth-order valence-corrected chi connectivity index (χ4v) is 2.78. The lowest BCUT2D eigenvalue weighted by molar-refractivity contribution is -0.151. The summed E-state index contributed by atoms with van der Waals surface area (Å²) in [6.07, 6.45) is 6.88. The molecule has 3 rings (SSSR count). The van der Waals surface area contributed by atoms with Gasteiger partial charge in [0.25, 0.3) is 0 Å². The zero-order valence-electron chi connectivity index (χ0n) is 8.19. The minimum Gasteiger partial charge on any atom is -0.469 e. The second-order valence-corrected chi connectivity index (χ2v) is 4.20. The van der Waals surface area contributed by atoms with Crippen molar-refractivity contribution >= 4 is 5.97 Å². The van der Waals surface area contributed by atoms with Crippen LogP contribution in [0, 0.1) is 23.7 Å². The van der Waals surface area contributed by atoms with E-state index >= 15 is 0 Å². The van der Waals surface area contributed by atoms with Crippen LogP contribution in [0.4, 0.5) is 0 Å². The van der Waals surface area contributed by atoms with E-state index in [1.165, 1.54) is 13.5 Å². The lowest BCUT2D eigenvalue weighted by Gasteiger charge is -2.41. The predicted molar refractivity (Wildman–Crippen MR) is 50.0 cm³/mol. The fraction of sp³-hybridized carbons (Fsp3) is 0.727. The Kier molecular flexibility index (Phi) is 2.14. The van der Waals surface area contributed by atoms with Gasteiger partial charge in [0.05, 0.1) is 13.0 Å². The molecule has 1 fully saturated rings. The monoisotopic (exact) mass is 180 g/mol. The number of ether oxygens (including phenoxy) is 1. The molecule has 3 aliphatic rings. The Bertz CT molecular complexity index is 244. The molecule has 0 aliphatic heterocycles. The zero-order chi connectivity index (χ0) is 9.42. The highest BCUT2D eigenvalue weighted by Gasteiger charge is 2.42. The summed E-state index contributed by atoms with van der Waals surface area (Å²) in [7, 11) is 1.49. The summed E-state index contributed by atoms with van der Waals surface area (Å²) in [6, 6.07) is 0. The third-order valence-corrected chi connectivity index (χ3v) is 3.62. The third-order valence-electron chi connectivity index (χ3n) is 3.62. The Morgan fingerprint density at radius 3 is 2.38 bits per heavy atom. The smallest absolute Gasteiger partial charge is 0.309 e. The molecular weight excluding hydrogens is 164 g/mol. The summed E-state index contributed by atoms with van der Waals surface area (Å²) < 4.78 is 4.84. The molecule has 0 radical (unpaired) electrons. The van der Waals surface area contributed by atoms with E-state index in [1.54, 1.807) is 0 Å². The van der Waals surface area contributed by atoms with Gasteiger partial charge in [0.1, 0.15) is 0 Å². The molecule has 0 aromatic heterocycles. The SMILES string of the molecule is COC(=O)[C@H]1[C@H](C)[C@H]2C=C[C@@H]1CC2. The first kappa shape index (κ1) is 8.79. The maximum absolute atomic E-state index is 11.5. The molecule has 2 bridgehead atoms. The first-order valence-electron chi connectivity index (χ1n) is 5.00. The number of carbonyl (C=O) groups excluding carboxylic acids is 1. The molecule has 3 aliphatic carbocycles. The first-order chi connectivity index (χ1) is 6.24. The molecule has 0 aromatic carbocycles. The second-order valence-electron chi connectivity index (χ2n) is 4.20. The summed E-state index contributed by atoms with van der Waals surface area (Å²) in [5.74, 6) is 1.61. The molecule has 4 atom stereocenters. The zero-order valence-corrected chi connectivity index (χ0v) is 8.19. The van der Waals surface area contributed by atoms with E-state index in [-0.39, 0.29) is 11.9 Å². The average molecular weight is 180 g/mol. The van der Waals surface area contributed by atoms with Gasteiger partial charge in [-0.25, -0.2) is 0 Å². The van der Waals surface area contributed by atoms with Gasteiger partial charge in [0.15, 0.2) is 0 Å². The van der Waals surface area contributed by atoms with Crippen LogP contribution in [0.1, 0.15) is 19.8 Å². The highest BCUT2D eigenvalue weighted by atomic mass is 16.5. The molecule has 2 nitrogen and oxygen atoms in total. The highest BCUT2D eigenvalue weighted by Crippen LogP contribution is 2.44. The van der Waals surface area contributed by atoms with E-state index in [4.69, 9.17) is 4.74 Å². The first-order valence-corrected chi connectivity index (χ1v) is 5.00. The summed E-state index contributed by atoms with van der Waals surface area (Å²) in [4.78, 5) is 11.5. The van der Waals surface area contributed by atoms with Crippen molar-refractivity contribution in [3.8, 4) is 0 Å². The summed E-state index contributed by atoms with van der Waals surface area (Å²) in [5.41, 5.74) is 0. The number of fused-ring (bicyclic) bond motifs is 2. The van der Waals surface area contributed by atoms with Crippen molar-refractivity contribution in [1.82, 2.24) is 0 Å². The van der Waals surface area contributed by atoms with Crippen LogP contribution in [-0.2, 0) is 9.53 Å². The standard InChI is InChI=1S/C11H16O2/c1-7-8-3-5-9(6-4-8)10(7)11(12)13-2/h3,5,7-10H,4,6H2,1-2H3/t7-,8+,9-,10+/m1/s1. The fourth-order valence-electron chi connectivity index (χ4n) is 2.78. The van der Waals surface area contributed by atoms with Crippen molar-refractivity contribution < 1.29 is 9.53 Å². The lowest BCUT2D eigenvalue weighted by atomic mass is 9.63. The van der Waals surface area contributed by atoms with Crippen LogP contribution >= 0.6 is 0 Å². The molecule has 0 unspecified atom stereocenters. The average Bonchev–Trinajstić information content (AvgIpc) is 2.18. The van der Waals surface area contributed by atoms with Gasteiger partial charge in [-0.3, -0.25) is 4.79 Å². The van der Waals surface area contributed by atoms with Crippen LogP contribution in [0.2, 0.25) is 0 Å². The Balaban J connectivity index is 2.21. The van der Waals surface area contributed by atoms with Gasteiger partial charge in [0, 0.05) is 0 Å². The molecule has 1 saturated carbocycles. The van der Waals surface area contributed by atoms with Gasteiger partial charge < -0.3 is 4.74 Å². The lowest BCUT2D eigenvalue weighted by Crippen LogP contribution is -2.40. The summed E-state index contributed by atoms with van der Waals surface area (Å²) in [5, 5.41) is 0. The number of hydrogen-bond acceptors (Lipinski definition) is 2. The molecule has 0 amide bonds. The van der Waals surface area contributed by atoms with Crippen molar-refractivity contribution in [2.75, 3.05) is 7.11 Å². The second kappa shape index (κ2) is 3.17. The number of carbonyl (C=O) groups is 1. The van der Waals surface area contributed by atoms with Crippen molar-refractivity contribution in [3.05, 3.63) is 12.2 Å². The number of esters is 1. The van der Waals surface area contributed by atoms with Crippen LogP contribution in [-0.4, -0.2) is 13.1 Å². The summed E-state index contributed by atoms with van der Waals surface area (Å²) in [6.45, 7) is 2.17. The third kappa shape index (κ3) is 1.28. The van der Waals surface area contributed by atoms with Crippen LogP contribution in [0.15, 0.2) is 12.2 Å². The van der Waals surface area contributed by atoms with Crippen molar-refractivity contribution in [3.63, 3.8) is 0 Å². The minimum absolute atomic E-state index is 0.0217. The normalized spacial score (nSPS) is 42.0. The molecule has 2 heteroatoms. The number of allylic oxidation sites excluding steroid dienone is 2. The largest absolute Gasteiger partial charge is 0.469 e. The van der Waals surface area contributed by atoms with E-state index < -0.39 is 0 Å². The van der Waals surface area contributed by atoms with Gasteiger partial charge in [-0.1, -0.05) is 19.1 Å². The molecular formula is C11H16O2. The number of rotatable bonds is 1. The van der Waals surface area contributed by atoms with E-state index in [0.29, 0.717) is 17.8 Å². The molecule has 72 valence electrons. The maximum Gasteiger partial charge on any atom is 0.309 e. The number of hydrogen-bond donors (Lipinski definition) is 0. The quantitative estimate of drug-likeness (QED) is 0.456. The van der Waals surface area contributed by atoms with Crippen LogP contribution < -0.4 is 0 Å². The van der Waals surface area contributed by atoms with Gasteiger partial charge in [-0.15, -0.1) is 0 Å². The molecule has 0 saturated heterocycles. The molecule has 0 N–H and O–H groups in total. The van der Waals surface area contributed by atoms with Crippen LogP contribution in [0.3, 0.4) is 0 Å². The van der Waals surface area contributed by atoms with Crippen molar-refractivity contribution in [1.29, 1.82) is 0 Å². The predicted octanol–water partition coefficient (Wildman–Crippen LogP) is 2.01. The summed E-state index contributed by atoms with van der Waals surface area (Å²) >= 11 is 0. The van der Waals surface area contributed by atoms with E-state index in [0.717, 1.165) is 6.42 Å². The molecule has 0 aromatic rings. The molecule has 0 spiro atoms. The molecule has 0 heterocycles. The van der Waals surface area contributed by atoms with Crippen LogP contribution in [0.25, 0.3) is 0 Å². The van der Waals surface area contributed by atoms with Gasteiger partial charge in [-0.2, -0.15) is 0 Å². The van der Waals surface area contributed by atoms with Gasteiger partial charge in [0.2, 0.25) is 0 Å². The van der Waals surface area contributed by atoms with E-state index in [2.05, 4.69) is 19.1 Å². The van der Waals surface area contributed by atoms with Crippen LogP contribution in [0.5, 0.6) is 0 Å². The molecule has 13 heavy (non-hydrogen) atoms. The minimum atomic E-state index is -0.0217. The number of methoxy groups -OCH3 is 1. The highest BCUT2D eigenvalue weighted by molar-refractivity contribution is 5.73.